The van der Waals surface area contributed by atoms with Gasteiger partial charge in [-0.15, -0.1) is 0 Å². The predicted octanol–water partition coefficient (Wildman–Crippen LogP) is 2.44. The molecule has 1 atom stereocenters. The van der Waals surface area contributed by atoms with Crippen molar-refractivity contribution in [2.75, 3.05) is 38.3 Å². The fourth-order valence-corrected chi connectivity index (χ4v) is 2.75. The minimum atomic E-state index is 0.644. The lowest BCUT2D eigenvalue weighted by Gasteiger charge is -2.29. The molecule has 2 heterocycles. The highest BCUT2D eigenvalue weighted by atomic mass is 16.5. The molecule has 4 nitrogen and oxygen atoms in total. The van der Waals surface area contributed by atoms with Gasteiger partial charge in [0, 0.05) is 32.9 Å². The van der Waals surface area contributed by atoms with Gasteiger partial charge in [-0.05, 0) is 43.4 Å². The standard InChI is InChI=1S/C16H27N3O/c1-3-7-17-10-15-6-8-18-11-16(15)19(2)12-14-5-4-9-20-13-14/h6,8,11,14,17H,3-5,7,9-10,12-13H2,1-2H3. The lowest BCUT2D eigenvalue weighted by molar-refractivity contribution is 0.0576. The molecule has 0 radical (unpaired) electrons. The average Bonchev–Trinajstić information content (AvgIpc) is 2.49. The van der Waals surface area contributed by atoms with E-state index in [4.69, 9.17) is 4.74 Å². The fraction of sp³-hybridized carbons (Fsp3) is 0.688. The number of aromatic nitrogens is 1. The average molecular weight is 277 g/mol. The molecule has 1 unspecified atom stereocenters. The van der Waals surface area contributed by atoms with E-state index >= 15 is 0 Å². The maximum absolute atomic E-state index is 5.57. The maximum Gasteiger partial charge on any atom is 0.0595 e. The van der Waals surface area contributed by atoms with Gasteiger partial charge in [0.15, 0.2) is 0 Å². The van der Waals surface area contributed by atoms with Crippen LogP contribution in [0.1, 0.15) is 31.7 Å². The third kappa shape index (κ3) is 4.46. The molecule has 112 valence electrons. The zero-order valence-corrected chi connectivity index (χ0v) is 12.8. The zero-order valence-electron chi connectivity index (χ0n) is 12.8. The summed E-state index contributed by atoms with van der Waals surface area (Å²) in [6, 6.07) is 2.12. The van der Waals surface area contributed by atoms with Crippen LogP contribution < -0.4 is 10.2 Å². The molecule has 1 aliphatic rings. The van der Waals surface area contributed by atoms with Crippen LogP contribution in [0.15, 0.2) is 18.5 Å². The van der Waals surface area contributed by atoms with E-state index in [9.17, 15) is 0 Å². The molecule has 1 aromatic heterocycles. The summed E-state index contributed by atoms with van der Waals surface area (Å²) in [6.07, 6.45) is 7.48. The van der Waals surface area contributed by atoms with Crippen molar-refractivity contribution in [3.05, 3.63) is 24.0 Å². The topological polar surface area (TPSA) is 37.4 Å². The SMILES string of the molecule is CCCNCc1ccncc1N(C)CC1CCCOC1. The molecule has 4 heteroatoms. The second-order valence-electron chi connectivity index (χ2n) is 5.64. The van der Waals surface area contributed by atoms with E-state index in [1.807, 2.05) is 12.4 Å². The van der Waals surface area contributed by atoms with E-state index in [1.165, 1.54) is 24.1 Å². The minimum Gasteiger partial charge on any atom is -0.381 e. The fourth-order valence-electron chi connectivity index (χ4n) is 2.75. The summed E-state index contributed by atoms with van der Waals surface area (Å²) in [5.41, 5.74) is 2.56. The summed E-state index contributed by atoms with van der Waals surface area (Å²) in [6.45, 7) is 7.04. The number of pyridine rings is 1. The maximum atomic E-state index is 5.57. The second-order valence-corrected chi connectivity index (χ2v) is 5.64. The van der Waals surface area contributed by atoms with Crippen molar-refractivity contribution in [1.29, 1.82) is 0 Å². The monoisotopic (exact) mass is 277 g/mol. The number of nitrogens with one attached hydrogen (secondary N) is 1. The zero-order chi connectivity index (χ0) is 14.2. The summed E-state index contributed by atoms with van der Waals surface area (Å²) in [5, 5.41) is 3.47. The molecular formula is C16H27N3O. The van der Waals surface area contributed by atoms with Crippen LogP contribution in [0.2, 0.25) is 0 Å². The first-order valence-corrected chi connectivity index (χ1v) is 7.73. The van der Waals surface area contributed by atoms with Gasteiger partial charge in [-0.25, -0.2) is 0 Å². The number of ether oxygens (including phenoxy) is 1. The van der Waals surface area contributed by atoms with Gasteiger partial charge in [-0.3, -0.25) is 4.98 Å². The van der Waals surface area contributed by atoms with Crippen molar-refractivity contribution >= 4 is 5.69 Å². The number of rotatable bonds is 7. The van der Waals surface area contributed by atoms with Crippen molar-refractivity contribution < 1.29 is 4.74 Å². The summed E-state index contributed by atoms with van der Waals surface area (Å²) in [7, 11) is 2.16. The molecule has 0 amide bonds. The number of anilines is 1. The Morgan fingerprint density at radius 2 is 2.40 bits per heavy atom. The van der Waals surface area contributed by atoms with Gasteiger partial charge in [-0.2, -0.15) is 0 Å². The molecule has 1 saturated heterocycles. The summed E-state index contributed by atoms with van der Waals surface area (Å²) in [5.74, 6) is 0.644. The van der Waals surface area contributed by atoms with Gasteiger partial charge < -0.3 is 15.0 Å². The second kappa shape index (κ2) is 8.22. The Kier molecular flexibility index (Phi) is 6.27. The van der Waals surface area contributed by atoms with E-state index in [1.54, 1.807) is 0 Å². The lowest BCUT2D eigenvalue weighted by Crippen LogP contribution is -2.31. The largest absolute Gasteiger partial charge is 0.381 e. The van der Waals surface area contributed by atoms with Crippen LogP contribution >= 0.6 is 0 Å². The Morgan fingerprint density at radius 1 is 1.50 bits per heavy atom. The van der Waals surface area contributed by atoms with Crippen LogP contribution in [0.4, 0.5) is 5.69 Å². The minimum absolute atomic E-state index is 0.644. The molecule has 0 bridgehead atoms. The van der Waals surface area contributed by atoms with E-state index in [-0.39, 0.29) is 0 Å². The van der Waals surface area contributed by atoms with Crippen molar-refractivity contribution in [3.63, 3.8) is 0 Å². The van der Waals surface area contributed by atoms with Crippen molar-refractivity contribution in [1.82, 2.24) is 10.3 Å². The van der Waals surface area contributed by atoms with Crippen molar-refractivity contribution in [2.45, 2.75) is 32.7 Å². The smallest absolute Gasteiger partial charge is 0.0595 e. The first-order chi connectivity index (χ1) is 9.81. The molecule has 1 N–H and O–H groups in total. The Balaban J connectivity index is 1.95. The Hall–Kier alpha value is -1.13. The molecule has 20 heavy (non-hydrogen) atoms. The van der Waals surface area contributed by atoms with E-state index < -0.39 is 0 Å². The van der Waals surface area contributed by atoms with Crippen LogP contribution in [0.5, 0.6) is 0 Å². The van der Waals surface area contributed by atoms with Crippen LogP contribution in [-0.4, -0.2) is 38.3 Å². The Morgan fingerprint density at radius 3 is 3.15 bits per heavy atom. The third-order valence-electron chi connectivity index (χ3n) is 3.83. The van der Waals surface area contributed by atoms with E-state index in [0.29, 0.717) is 5.92 Å². The number of hydrogen-bond acceptors (Lipinski definition) is 4. The Bertz CT molecular complexity index is 391. The molecule has 0 spiro atoms. The van der Waals surface area contributed by atoms with Crippen molar-refractivity contribution in [2.24, 2.45) is 5.92 Å². The first kappa shape index (κ1) is 15.3. The van der Waals surface area contributed by atoms with E-state index in [0.717, 1.165) is 39.3 Å². The van der Waals surface area contributed by atoms with Gasteiger partial charge in [0.1, 0.15) is 0 Å². The van der Waals surface area contributed by atoms with Crippen LogP contribution in [0, 0.1) is 5.92 Å². The molecule has 2 rings (SSSR count). The molecule has 0 aromatic carbocycles. The molecule has 0 saturated carbocycles. The van der Waals surface area contributed by atoms with Crippen LogP contribution in [0.25, 0.3) is 0 Å². The van der Waals surface area contributed by atoms with E-state index in [2.05, 4.69) is 35.2 Å². The highest BCUT2D eigenvalue weighted by Crippen LogP contribution is 2.21. The van der Waals surface area contributed by atoms with Gasteiger partial charge in [0.2, 0.25) is 0 Å². The number of nitrogens with zero attached hydrogens (tertiary/aromatic N) is 2. The number of hydrogen-bond donors (Lipinski definition) is 1. The lowest BCUT2D eigenvalue weighted by atomic mass is 10.0. The molecule has 0 aliphatic carbocycles. The summed E-state index contributed by atoms with van der Waals surface area (Å²) < 4.78 is 5.57. The highest BCUT2D eigenvalue weighted by Gasteiger charge is 2.17. The van der Waals surface area contributed by atoms with Gasteiger partial charge in [0.05, 0.1) is 18.5 Å². The third-order valence-corrected chi connectivity index (χ3v) is 3.83. The highest BCUT2D eigenvalue weighted by molar-refractivity contribution is 5.51. The first-order valence-electron chi connectivity index (χ1n) is 7.73. The Labute approximate surface area is 122 Å². The van der Waals surface area contributed by atoms with Crippen molar-refractivity contribution in [3.8, 4) is 0 Å². The molecular weight excluding hydrogens is 250 g/mol. The molecule has 1 aliphatic heterocycles. The normalized spacial score (nSPS) is 19.0. The van der Waals surface area contributed by atoms with Crippen LogP contribution in [-0.2, 0) is 11.3 Å². The molecule has 1 fully saturated rings. The predicted molar refractivity (Wildman–Crippen MR) is 83.0 cm³/mol. The summed E-state index contributed by atoms with van der Waals surface area (Å²) in [4.78, 5) is 6.62. The van der Waals surface area contributed by atoms with Gasteiger partial charge in [-0.1, -0.05) is 6.92 Å². The van der Waals surface area contributed by atoms with Gasteiger partial charge >= 0.3 is 0 Å². The quantitative estimate of drug-likeness (QED) is 0.777. The van der Waals surface area contributed by atoms with Crippen LogP contribution in [0.3, 0.4) is 0 Å². The summed E-state index contributed by atoms with van der Waals surface area (Å²) >= 11 is 0. The molecule has 1 aromatic rings. The van der Waals surface area contributed by atoms with Gasteiger partial charge in [0.25, 0.3) is 0 Å².